The van der Waals surface area contributed by atoms with Crippen molar-refractivity contribution in [3.05, 3.63) is 36.5 Å². The van der Waals surface area contributed by atoms with Crippen LogP contribution in [0, 0.1) is 0 Å². The van der Waals surface area contributed by atoms with Crippen LogP contribution in [0.15, 0.2) is 36.5 Å². The van der Waals surface area contributed by atoms with E-state index in [0.29, 0.717) is 19.3 Å². The van der Waals surface area contributed by atoms with Gasteiger partial charge in [-0.05, 0) is 51.4 Å². The number of carbonyl (C=O) groups is 3. The lowest BCUT2D eigenvalue weighted by atomic mass is 10.0. The third-order valence-electron chi connectivity index (χ3n) is 14.4. The molecule has 0 heterocycles. The van der Waals surface area contributed by atoms with Crippen molar-refractivity contribution in [3.8, 4) is 0 Å². The van der Waals surface area contributed by atoms with E-state index >= 15 is 0 Å². The Morgan fingerprint density at radius 2 is 0.542 bits per heavy atom. The molecule has 0 saturated heterocycles. The molecule has 0 spiro atoms. The molecule has 422 valence electrons. The van der Waals surface area contributed by atoms with Gasteiger partial charge in [0.05, 0.1) is 0 Å². The lowest BCUT2D eigenvalue weighted by Crippen LogP contribution is -2.30. The average molecular weight is 1010 g/mol. The monoisotopic (exact) mass is 1010 g/mol. The van der Waals surface area contributed by atoms with Crippen LogP contribution in [0.2, 0.25) is 0 Å². The second-order valence-corrected chi connectivity index (χ2v) is 21.7. The molecule has 0 N–H and O–H groups in total. The minimum Gasteiger partial charge on any atom is -0.462 e. The van der Waals surface area contributed by atoms with Gasteiger partial charge in [0.15, 0.2) is 6.10 Å². The quantitative estimate of drug-likeness (QED) is 0.0261. The van der Waals surface area contributed by atoms with Crippen molar-refractivity contribution in [2.75, 3.05) is 13.2 Å². The van der Waals surface area contributed by atoms with Crippen LogP contribution >= 0.6 is 0 Å². The van der Waals surface area contributed by atoms with E-state index in [2.05, 4.69) is 57.2 Å². The standard InChI is InChI=1S/C66H122O6/c1-4-7-10-13-16-19-22-25-26-27-28-29-30-31-32-33-34-35-36-37-38-39-42-44-47-50-53-56-59-65(68)71-62-63(72-66(69)60-57-54-51-48-45-41-24-21-18-15-12-9-6-3)61-70-64(67)58-55-52-49-46-43-40-23-20-17-14-11-8-5-2/h9,12,18,21,41,45,63H,4-8,10-11,13-17,19-20,22-40,42-44,46-62H2,1-3H3/b12-9-,21-18-,45-41-. The zero-order valence-corrected chi connectivity index (χ0v) is 48.5. The van der Waals surface area contributed by atoms with E-state index < -0.39 is 6.10 Å². The second-order valence-electron chi connectivity index (χ2n) is 21.7. The van der Waals surface area contributed by atoms with Gasteiger partial charge in [0.1, 0.15) is 13.2 Å². The highest BCUT2D eigenvalue weighted by molar-refractivity contribution is 5.71. The molecule has 72 heavy (non-hydrogen) atoms. The summed E-state index contributed by atoms with van der Waals surface area (Å²) in [5.74, 6) is -0.888. The summed E-state index contributed by atoms with van der Waals surface area (Å²) in [6.07, 6.45) is 74.6. The van der Waals surface area contributed by atoms with Crippen LogP contribution in [0.4, 0.5) is 0 Å². The van der Waals surface area contributed by atoms with Crippen molar-refractivity contribution < 1.29 is 28.6 Å². The molecule has 0 fully saturated rings. The molecule has 1 unspecified atom stereocenters. The lowest BCUT2D eigenvalue weighted by Gasteiger charge is -2.18. The molecular formula is C66H122O6. The SMILES string of the molecule is CC/C=C\C/C=C\C/C=C\CCCCCC(=O)OC(COC(=O)CCCCCCCCCCCCCCC)COC(=O)CCCCCCCCCCCCCCCCCCCCCCCCCCCCCC. The summed E-state index contributed by atoms with van der Waals surface area (Å²) in [6, 6.07) is 0. The van der Waals surface area contributed by atoms with Gasteiger partial charge in [0.25, 0.3) is 0 Å². The fourth-order valence-electron chi connectivity index (χ4n) is 9.64. The van der Waals surface area contributed by atoms with Crippen LogP contribution < -0.4 is 0 Å². The van der Waals surface area contributed by atoms with Gasteiger partial charge < -0.3 is 14.2 Å². The largest absolute Gasteiger partial charge is 0.462 e. The summed E-state index contributed by atoms with van der Waals surface area (Å²) in [7, 11) is 0. The van der Waals surface area contributed by atoms with E-state index in [1.165, 1.54) is 225 Å². The minimum atomic E-state index is -0.783. The summed E-state index contributed by atoms with van der Waals surface area (Å²) < 4.78 is 16.9. The summed E-state index contributed by atoms with van der Waals surface area (Å²) in [4.78, 5) is 38.2. The van der Waals surface area contributed by atoms with Crippen LogP contribution in [0.1, 0.15) is 348 Å². The van der Waals surface area contributed by atoms with E-state index in [-0.39, 0.29) is 31.1 Å². The molecule has 0 amide bonds. The van der Waals surface area contributed by atoms with Gasteiger partial charge in [-0.1, -0.05) is 314 Å². The predicted molar refractivity (Wildman–Crippen MR) is 312 cm³/mol. The second kappa shape index (κ2) is 61.2. The van der Waals surface area contributed by atoms with Crippen molar-refractivity contribution in [3.63, 3.8) is 0 Å². The molecule has 0 aliphatic carbocycles. The van der Waals surface area contributed by atoms with Crippen molar-refractivity contribution in [2.24, 2.45) is 0 Å². The summed E-state index contributed by atoms with van der Waals surface area (Å²) >= 11 is 0. The van der Waals surface area contributed by atoms with E-state index in [9.17, 15) is 14.4 Å². The maximum absolute atomic E-state index is 12.8. The van der Waals surface area contributed by atoms with Gasteiger partial charge in [0, 0.05) is 19.3 Å². The molecule has 1 atom stereocenters. The van der Waals surface area contributed by atoms with Gasteiger partial charge in [-0.3, -0.25) is 14.4 Å². The molecule has 6 nitrogen and oxygen atoms in total. The molecule has 6 heteroatoms. The first-order chi connectivity index (χ1) is 35.5. The number of carbonyl (C=O) groups excluding carboxylic acids is 3. The zero-order valence-electron chi connectivity index (χ0n) is 48.5. The Kier molecular flexibility index (Phi) is 59.2. The zero-order chi connectivity index (χ0) is 52.2. The maximum atomic E-state index is 12.8. The Morgan fingerprint density at radius 3 is 0.847 bits per heavy atom. The number of hydrogen-bond donors (Lipinski definition) is 0. The van der Waals surface area contributed by atoms with E-state index in [1.54, 1.807) is 0 Å². The van der Waals surface area contributed by atoms with Gasteiger partial charge in [-0.25, -0.2) is 0 Å². The van der Waals surface area contributed by atoms with Crippen molar-refractivity contribution in [1.29, 1.82) is 0 Å². The summed E-state index contributed by atoms with van der Waals surface area (Å²) in [5.41, 5.74) is 0. The Hall–Kier alpha value is -2.37. The lowest BCUT2D eigenvalue weighted by molar-refractivity contribution is -0.167. The first-order valence-corrected chi connectivity index (χ1v) is 32.0. The Labute approximate surface area is 448 Å². The number of allylic oxidation sites excluding steroid dienone is 6. The normalized spacial score (nSPS) is 12.2. The van der Waals surface area contributed by atoms with Crippen LogP contribution in [0.25, 0.3) is 0 Å². The number of hydrogen-bond acceptors (Lipinski definition) is 6. The molecule has 0 aliphatic heterocycles. The Bertz CT molecular complexity index is 1210. The molecule has 0 aromatic heterocycles. The highest BCUT2D eigenvalue weighted by Gasteiger charge is 2.19. The average Bonchev–Trinajstić information content (AvgIpc) is 3.38. The van der Waals surface area contributed by atoms with Gasteiger partial charge >= 0.3 is 17.9 Å². The van der Waals surface area contributed by atoms with Crippen molar-refractivity contribution >= 4 is 17.9 Å². The number of unbranched alkanes of at least 4 members (excludes halogenated alkanes) is 42. The van der Waals surface area contributed by atoms with Crippen molar-refractivity contribution in [1.82, 2.24) is 0 Å². The maximum Gasteiger partial charge on any atom is 0.306 e. The fourth-order valence-corrected chi connectivity index (χ4v) is 9.64. The van der Waals surface area contributed by atoms with Crippen LogP contribution in [0.5, 0.6) is 0 Å². The molecule has 0 bridgehead atoms. The fraction of sp³-hybridized carbons (Fsp3) is 0.864. The minimum absolute atomic E-state index is 0.0791. The van der Waals surface area contributed by atoms with E-state index in [4.69, 9.17) is 14.2 Å². The topological polar surface area (TPSA) is 78.9 Å². The van der Waals surface area contributed by atoms with Gasteiger partial charge in [0.2, 0.25) is 0 Å². The molecule has 0 radical (unpaired) electrons. The molecule has 0 rings (SSSR count). The Balaban J connectivity index is 4.14. The first-order valence-electron chi connectivity index (χ1n) is 32.0. The van der Waals surface area contributed by atoms with Crippen molar-refractivity contribution in [2.45, 2.75) is 354 Å². The van der Waals surface area contributed by atoms with Gasteiger partial charge in [-0.15, -0.1) is 0 Å². The van der Waals surface area contributed by atoms with Crippen LogP contribution in [-0.2, 0) is 28.6 Å². The number of ether oxygens (including phenoxy) is 3. The third-order valence-corrected chi connectivity index (χ3v) is 14.4. The van der Waals surface area contributed by atoms with Crippen LogP contribution in [-0.4, -0.2) is 37.2 Å². The smallest absolute Gasteiger partial charge is 0.306 e. The molecule has 0 aromatic carbocycles. The Morgan fingerprint density at radius 1 is 0.292 bits per heavy atom. The highest BCUT2D eigenvalue weighted by atomic mass is 16.6. The highest BCUT2D eigenvalue weighted by Crippen LogP contribution is 2.18. The van der Waals surface area contributed by atoms with E-state index in [0.717, 1.165) is 83.5 Å². The summed E-state index contributed by atoms with van der Waals surface area (Å²) in [5, 5.41) is 0. The predicted octanol–water partition coefficient (Wildman–Crippen LogP) is 21.6. The van der Waals surface area contributed by atoms with E-state index in [1.807, 2.05) is 0 Å². The van der Waals surface area contributed by atoms with Crippen LogP contribution in [0.3, 0.4) is 0 Å². The molecular weight excluding hydrogens is 889 g/mol. The van der Waals surface area contributed by atoms with Gasteiger partial charge in [-0.2, -0.15) is 0 Å². The number of rotatable bonds is 59. The molecule has 0 aromatic rings. The molecule has 0 saturated carbocycles. The number of esters is 3. The first kappa shape index (κ1) is 69.6. The molecule has 0 aliphatic rings. The summed E-state index contributed by atoms with van der Waals surface area (Å²) in [6.45, 7) is 6.55. The third kappa shape index (κ3) is 58.5.